The molecule has 1 aromatic rings. The number of ether oxygens (including phenoxy) is 3. The lowest BCUT2D eigenvalue weighted by atomic mass is 9.81. The molecule has 0 unspecified atom stereocenters. The highest BCUT2D eigenvalue weighted by molar-refractivity contribution is 6.05. The molecule has 1 aliphatic carbocycles. The van der Waals surface area contributed by atoms with E-state index in [1.54, 1.807) is 18.2 Å². The Morgan fingerprint density at radius 1 is 1.04 bits per heavy atom. The molecule has 0 aromatic heterocycles. The molecule has 2 aliphatic heterocycles. The number of esters is 1. The number of carbonyl (C=O) groups is 4. The number of fused-ring (bicyclic) bond motifs is 2. The lowest BCUT2D eigenvalue weighted by molar-refractivity contribution is -0.145. The number of Topliss-reactive ketones (excluding diaryl/α,β-unsaturated/α-hetero) is 1. The average molecular weight is 387 g/mol. The molecule has 4 rings (SSSR count). The summed E-state index contributed by atoms with van der Waals surface area (Å²) < 4.78 is 15.4. The van der Waals surface area contributed by atoms with Crippen LogP contribution in [-0.4, -0.2) is 48.4 Å². The summed E-state index contributed by atoms with van der Waals surface area (Å²) in [6, 6.07) is 4.75. The molecule has 2 fully saturated rings. The van der Waals surface area contributed by atoms with Gasteiger partial charge in [-0.25, -0.2) is 0 Å². The number of hydrogen-bond acceptors (Lipinski definition) is 7. The van der Waals surface area contributed by atoms with E-state index in [4.69, 9.17) is 14.2 Å². The first-order valence-corrected chi connectivity index (χ1v) is 9.48. The third kappa shape index (κ3) is 3.46. The first-order chi connectivity index (χ1) is 13.5. The van der Waals surface area contributed by atoms with Gasteiger partial charge in [0.1, 0.15) is 0 Å². The number of nitrogens with zero attached hydrogens (tertiary/aromatic N) is 1. The van der Waals surface area contributed by atoms with Gasteiger partial charge in [0.2, 0.25) is 18.6 Å². The molecular weight excluding hydrogens is 366 g/mol. The first kappa shape index (κ1) is 18.5. The summed E-state index contributed by atoms with van der Waals surface area (Å²) in [4.78, 5) is 50.1. The highest BCUT2D eigenvalue weighted by atomic mass is 16.7. The summed E-state index contributed by atoms with van der Waals surface area (Å²) in [6.45, 7) is -0.301. The van der Waals surface area contributed by atoms with E-state index in [1.807, 2.05) is 0 Å². The average Bonchev–Trinajstić information content (AvgIpc) is 3.28. The molecule has 148 valence electrons. The number of imide groups is 1. The van der Waals surface area contributed by atoms with Crippen LogP contribution < -0.4 is 9.47 Å². The van der Waals surface area contributed by atoms with E-state index in [9.17, 15) is 19.2 Å². The van der Waals surface area contributed by atoms with Gasteiger partial charge < -0.3 is 14.2 Å². The summed E-state index contributed by atoms with van der Waals surface area (Å²) in [5, 5.41) is 0. The lowest BCUT2D eigenvalue weighted by Crippen LogP contribution is -2.33. The standard InChI is InChI=1S/C20H21NO7/c22-15(12-5-6-16-17(9-12)28-11-27-16)10-26-18(23)7-8-21-19(24)13-3-1-2-4-14(13)20(21)25/h5-6,9,13-14H,1-4,7-8,10-11H2/t13-,14-/m1/s1. The monoisotopic (exact) mass is 387 g/mol. The number of likely N-dealkylation sites (tertiary alicyclic amines) is 1. The Bertz CT molecular complexity index is 810. The van der Waals surface area contributed by atoms with Crippen LogP contribution in [0.15, 0.2) is 18.2 Å². The van der Waals surface area contributed by atoms with Crippen molar-refractivity contribution in [2.75, 3.05) is 19.9 Å². The predicted molar refractivity (Wildman–Crippen MR) is 94.6 cm³/mol. The number of carbonyl (C=O) groups excluding carboxylic acids is 4. The molecule has 0 radical (unpaired) electrons. The largest absolute Gasteiger partial charge is 0.457 e. The summed E-state index contributed by atoms with van der Waals surface area (Å²) in [6.07, 6.45) is 3.27. The second-order valence-electron chi connectivity index (χ2n) is 7.23. The minimum absolute atomic E-state index is 0.00170. The van der Waals surface area contributed by atoms with Crippen molar-refractivity contribution >= 4 is 23.6 Å². The fourth-order valence-electron chi connectivity index (χ4n) is 4.03. The maximum Gasteiger partial charge on any atom is 0.308 e. The zero-order valence-corrected chi connectivity index (χ0v) is 15.3. The van der Waals surface area contributed by atoms with Crippen LogP contribution in [0, 0.1) is 11.8 Å². The maximum absolute atomic E-state index is 12.4. The molecule has 28 heavy (non-hydrogen) atoms. The Hall–Kier alpha value is -2.90. The van der Waals surface area contributed by atoms with Crippen molar-refractivity contribution < 1.29 is 33.4 Å². The van der Waals surface area contributed by atoms with Crippen molar-refractivity contribution in [3.8, 4) is 11.5 Å². The third-order valence-corrected chi connectivity index (χ3v) is 5.53. The van der Waals surface area contributed by atoms with E-state index in [-0.39, 0.29) is 49.2 Å². The number of rotatable bonds is 6. The van der Waals surface area contributed by atoms with Gasteiger partial charge in [-0.15, -0.1) is 0 Å². The number of hydrogen-bond donors (Lipinski definition) is 0. The van der Waals surface area contributed by atoms with Gasteiger partial charge in [0, 0.05) is 12.1 Å². The van der Waals surface area contributed by atoms with Crippen LogP contribution in [-0.2, 0) is 19.1 Å². The predicted octanol–water partition coefficient (Wildman–Crippen LogP) is 1.71. The molecule has 3 aliphatic rings. The normalized spacial score (nSPS) is 22.9. The number of benzene rings is 1. The van der Waals surface area contributed by atoms with E-state index < -0.39 is 12.6 Å². The van der Waals surface area contributed by atoms with Crippen molar-refractivity contribution in [3.63, 3.8) is 0 Å². The molecule has 2 atom stereocenters. The van der Waals surface area contributed by atoms with Crippen molar-refractivity contribution in [1.29, 1.82) is 0 Å². The maximum atomic E-state index is 12.4. The molecule has 2 heterocycles. The molecule has 1 aromatic carbocycles. The molecule has 0 spiro atoms. The number of ketones is 1. The molecule has 8 heteroatoms. The zero-order valence-electron chi connectivity index (χ0n) is 15.3. The number of amides is 2. The van der Waals surface area contributed by atoms with Crippen molar-refractivity contribution in [2.24, 2.45) is 11.8 Å². The lowest BCUT2D eigenvalue weighted by Gasteiger charge is -2.19. The summed E-state index contributed by atoms with van der Waals surface area (Å²) in [7, 11) is 0. The Labute approximate surface area is 161 Å². The third-order valence-electron chi connectivity index (χ3n) is 5.53. The summed E-state index contributed by atoms with van der Waals surface area (Å²) >= 11 is 0. The SMILES string of the molecule is O=C(CCN1C(=O)[C@@H]2CCCC[C@H]2C1=O)OCC(=O)c1ccc2c(c1)OCO2. The minimum Gasteiger partial charge on any atom is -0.457 e. The van der Waals surface area contributed by atoms with Crippen LogP contribution in [0.25, 0.3) is 0 Å². The van der Waals surface area contributed by atoms with E-state index in [0.29, 0.717) is 17.1 Å². The highest BCUT2D eigenvalue weighted by Gasteiger charge is 2.47. The Balaban J connectivity index is 1.26. The van der Waals surface area contributed by atoms with Crippen LogP contribution in [0.4, 0.5) is 0 Å². The van der Waals surface area contributed by atoms with Gasteiger partial charge >= 0.3 is 5.97 Å². The van der Waals surface area contributed by atoms with E-state index in [2.05, 4.69) is 0 Å². The van der Waals surface area contributed by atoms with Gasteiger partial charge in [0.25, 0.3) is 0 Å². The van der Waals surface area contributed by atoms with Crippen molar-refractivity contribution in [1.82, 2.24) is 4.90 Å². The fraction of sp³-hybridized carbons (Fsp3) is 0.500. The van der Waals surface area contributed by atoms with Crippen LogP contribution in [0.5, 0.6) is 11.5 Å². The Morgan fingerprint density at radius 3 is 2.43 bits per heavy atom. The topological polar surface area (TPSA) is 99.2 Å². The minimum atomic E-state index is -0.621. The molecule has 8 nitrogen and oxygen atoms in total. The quantitative estimate of drug-likeness (QED) is 0.416. The molecular formula is C20H21NO7. The smallest absolute Gasteiger partial charge is 0.308 e. The zero-order chi connectivity index (χ0) is 19.7. The highest BCUT2D eigenvalue weighted by Crippen LogP contribution is 2.38. The van der Waals surface area contributed by atoms with Gasteiger partial charge in [-0.3, -0.25) is 24.1 Å². The van der Waals surface area contributed by atoms with Gasteiger partial charge in [0.05, 0.1) is 18.3 Å². The van der Waals surface area contributed by atoms with Gasteiger partial charge in [-0.05, 0) is 31.0 Å². The molecule has 0 N–H and O–H groups in total. The Morgan fingerprint density at radius 2 is 1.71 bits per heavy atom. The molecule has 1 saturated carbocycles. The fourth-order valence-corrected chi connectivity index (χ4v) is 4.03. The second-order valence-corrected chi connectivity index (χ2v) is 7.23. The Kier molecular flexibility index (Phi) is 5.02. The van der Waals surface area contributed by atoms with E-state index >= 15 is 0 Å². The van der Waals surface area contributed by atoms with Crippen molar-refractivity contribution in [2.45, 2.75) is 32.1 Å². The summed E-state index contributed by atoms with van der Waals surface area (Å²) in [5.41, 5.74) is 0.353. The van der Waals surface area contributed by atoms with Crippen LogP contribution in [0.2, 0.25) is 0 Å². The van der Waals surface area contributed by atoms with Crippen LogP contribution >= 0.6 is 0 Å². The van der Waals surface area contributed by atoms with E-state index in [0.717, 1.165) is 25.7 Å². The molecule has 2 amide bonds. The molecule has 1 saturated heterocycles. The van der Waals surface area contributed by atoms with Crippen LogP contribution in [0.3, 0.4) is 0 Å². The van der Waals surface area contributed by atoms with E-state index in [1.165, 1.54) is 4.90 Å². The van der Waals surface area contributed by atoms with Gasteiger partial charge in [-0.1, -0.05) is 12.8 Å². The molecule has 0 bridgehead atoms. The van der Waals surface area contributed by atoms with Gasteiger partial charge in [-0.2, -0.15) is 0 Å². The first-order valence-electron chi connectivity index (χ1n) is 9.48. The van der Waals surface area contributed by atoms with Crippen molar-refractivity contribution in [3.05, 3.63) is 23.8 Å². The second kappa shape index (κ2) is 7.61. The van der Waals surface area contributed by atoms with Gasteiger partial charge in [0.15, 0.2) is 23.9 Å². The van der Waals surface area contributed by atoms with Crippen LogP contribution in [0.1, 0.15) is 42.5 Å². The summed E-state index contributed by atoms with van der Waals surface area (Å²) in [5.74, 6) is -0.776.